The number of alkyl carbamates (subject to hydrolysis) is 1. The smallest absolute Gasteiger partial charge is 0.416 e. The third kappa shape index (κ3) is 8.32. The summed E-state index contributed by atoms with van der Waals surface area (Å²) in [4.78, 5) is 16.9. The number of ether oxygens (including phenoxy) is 2. The molecule has 0 aliphatic heterocycles. The van der Waals surface area contributed by atoms with E-state index in [0.29, 0.717) is 17.7 Å². The Balaban J connectivity index is 1.91. The van der Waals surface area contributed by atoms with E-state index in [4.69, 9.17) is 9.47 Å². The Bertz CT molecular complexity index is 1250. The number of nitrogens with one attached hydrogen (secondary N) is 1. The zero-order chi connectivity index (χ0) is 29.4. The fraction of sp³-hybridized carbons (Fsp3) is 0.310. The van der Waals surface area contributed by atoms with Gasteiger partial charge in [0, 0.05) is 19.7 Å². The third-order valence-electron chi connectivity index (χ3n) is 6.16. The second-order valence-electron chi connectivity index (χ2n) is 9.07. The molecule has 40 heavy (non-hydrogen) atoms. The van der Waals surface area contributed by atoms with Crippen molar-refractivity contribution in [3.05, 3.63) is 107 Å². The van der Waals surface area contributed by atoms with Gasteiger partial charge in [0.1, 0.15) is 6.61 Å². The number of hydrogen-bond donors (Lipinski definition) is 1. The Morgan fingerprint density at radius 3 is 1.95 bits per heavy atom. The molecule has 2 atom stereocenters. The summed E-state index contributed by atoms with van der Waals surface area (Å²) in [7, 11) is 1.52. The highest BCUT2D eigenvalue weighted by Crippen LogP contribution is 2.38. The molecule has 3 aromatic carbocycles. The number of nitrogens with zero attached hydrogens (tertiary/aromatic N) is 1. The van der Waals surface area contributed by atoms with Crippen LogP contribution in [-0.2, 0) is 34.0 Å². The summed E-state index contributed by atoms with van der Waals surface area (Å²) >= 11 is 0. The van der Waals surface area contributed by atoms with Gasteiger partial charge in [-0.1, -0.05) is 60.7 Å². The molecule has 214 valence electrons. The summed E-state index contributed by atoms with van der Waals surface area (Å²) in [5, 5.41) is 2.79. The van der Waals surface area contributed by atoms with Gasteiger partial charge in [0.2, 0.25) is 0 Å². The molecule has 0 fully saturated rings. The van der Waals surface area contributed by atoms with E-state index in [0.717, 1.165) is 5.56 Å². The maximum Gasteiger partial charge on any atom is 0.416 e. The number of carbonyl (C=O) groups excluding carboxylic acids is 1. The van der Waals surface area contributed by atoms with Crippen molar-refractivity contribution in [1.29, 1.82) is 0 Å². The number of carbonyl (C=O) groups is 1. The summed E-state index contributed by atoms with van der Waals surface area (Å²) in [6.45, 7) is 0.996. The van der Waals surface area contributed by atoms with Crippen molar-refractivity contribution in [2.75, 3.05) is 13.7 Å². The molecule has 0 bridgehead atoms. The molecule has 5 nitrogen and oxygen atoms in total. The Hall–Kier alpha value is -3.86. The quantitative estimate of drug-likeness (QED) is 0.202. The zero-order valence-electron chi connectivity index (χ0n) is 21.7. The normalized spacial score (nSPS) is 14.5. The number of aliphatic imine (C=N–C) groups is 1. The van der Waals surface area contributed by atoms with E-state index in [-0.39, 0.29) is 31.3 Å². The maximum atomic E-state index is 13.4. The number of benzene rings is 3. The van der Waals surface area contributed by atoms with Crippen molar-refractivity contribution in [2.24, 2.45) is 4.99 Å². The van der Waals surface area contributed by atoms with Gasteiger partial charge in [-0.3, -0.25) is 0 Å². The van der Waals surface area contributed by atoms with Gasteiger partial charge in [0.05, 0.1) is 29.4 Å². The first-order valence-electron chi connectivity index (χ1n) is 12.2. The lowest BCUT2D eigenvalue weighted by molar-refractivity contribution is -0.143. The minimum Gasteiger partial charge on any atom is -0.445 e. The van der Waals surface area contributed by atoms with Crippen LogP contribution < -0.4 is 5.32 Å². The van der Waals surface area contributed by atoms with Crippen molar-refractivity contribution in [3.8, 4) is 0 Å². The van der Waals surface area contributed by atoms with E-state index in [1.54, 1.807) is 54.6 Å². The average molecular weight is 567 g/mol. The molecule has 0 radical (unpaired) electrons. The van der Waals surface area contributed by atoms with Crippen LogP contribution in [-0.4, -0.2) is 26.0 Å². The lowest BCUT2D eigenvalue weighted by Crippen LogP contribution is -2.50. The van der Waals surface area contributed by atoms with Gasteiger partial charge in [0.15, 0.2) is 0 Å². The van der Waals surface area contributed by atoms with Gasteiger partial charge >= 0.3 is 18.4 Å². The van der Waals surface area contributed by atoms with Gasteiger partial charge in [-0.05, 0) is 41.8 Å². The highest BCUT2D eigenvalue weighted by atomic mass is 19.4. The van der Waals surface area contributed by atoms with E-state index >= 15 is 0 Å². The molecule has 0 unspecified atom stereocenters. The number of hydrogen-bond acceptors (Lipinski definition) is 4. The molecule has 3 aromatic rings. The minimum absolute atomic E-state index is 0.0267. The molecule has 0 heterocycles. The first-order chi connectivity index (χ1) is 18.8. The van der Waals surface area contributed by atoms with Crippen LogP contribution in [0.5, 0.6) is 0 Å². The Kier molecular flexibility index (Phi) is 9.97. The van der Waals surface area contributed by atoms with Crippen LogP contribution in [0.3, 0.4) is 0 Å². The van der Waals surface area contributed by atoms with Crippen LogP contribution in [0.15, 0.2) is 83.9 Å². The van der Waals surface area contributed by atoms with Crippen LogP contribution in [0.25, 0.3) is 0 Å². The predicted molar refractivity (Wildman–Crippen MR) is 138 cm³/mol. The van der Waals surface area contributed by atoms with Crippen molar-refractivity contribution in [2.45, 2.75) is 43.9 Å². The third-order valence-corrected chi connectivity index (χ3v) is 6.16. The molecular weight excluding hydrogens is 538 g/mol. The average Bonchev–Trinajstić information content (AvgIpc) is 2.93. The Morgan fingerprint density at radius 1 is 0.875 bits per heavy atom. The first kappa shape index (κ1) is 30.7. The van der Waals surface area contributed by atoms with E-state index < -0.39 is 41.2 Å². The SMILES string of the molecule is CN=CC[C@](CO[C@H](C)c1cc(C(F)(F)F)cc(C(F)(F)F)c1)(NC(=O)OCc1ccccc1)c1ccccc1. The van der Waals surface area contributed by atoms with Gasteiger partial charge in [-0.15, -0.1) is 0 Å². The van der Waals surface area contributed by atoms with Gasteiger partial charge < -0.3 is 19.8 Å². The zero-order valence-corrected chi connectivity index (χ0v) is 21.7. The van der Waals surface area contributed by atoms with Crippen molar-refractivity contribution < 1.29 is 40.6 Å². The highest BCUT2D eigenvalue weighted by molar-refractivity contribution is 5.71. The van der Waals surface area contributed by atoms with Crippen LogP contribution in [0, 0.1) is 0 Å². The van der Waals surface area contributed by atoms with Gasteiger partial charge in [0.25, 0.3) is 0 Å². The maximum absolute atomic E-state index is 13.4. The molecule has 0 spiro atoms. The summed E-state index contributed by atoms with van der Waals surface area (Å²) in [5.41, 5.74) is -3.20. The van der Waals surface area contributed by atoms with Gasteiger partial charge in [-0.25, -0.2) is 4.79 Å². The Labute approximate surface area is 227 Å². The summed E-state index contributed by atoms with van der Waals surface area (Å²) in [6.07, 6.45) is -10.4. The summed E-state index contributed by atoms with van der Waals surface area (Å²) in [6, 6.07) is 18.9. The molecule has 0 saturated carbocycles. The minimum atomic E-state index is -4.99. The molecule has 3 rings (SSSR count). The topological polar surface area (TPSA) is 59.9 Å². The molecule has 0 aliphatic carbocycles. The van der Waals surface area contributed by atoms with Gasteiger partial charge in [-0.2, -0.15) is 26.3 Å². The lowest BCUT2D eigenvalue weighted by atomic mass is 9.87. The molecule has 11 heteroatoms. The fourth-order valence-corrected chi connectivity index (χ4v) is 3.96. The molecular formula is C29H28F6N2O3. The fourth-order valence-electron chi connectivity index (χ4n) is 3.96. The second kappa shape index (κ2) is 13.0. The lowest BCUT2D eigenvalue weighted by Gasteiger charge is -2.35. The molecule has 0 aliphatic rings. The molecule has 1 N–H and O–H groups in total. The van der Waals surface area contributed by atoms with E-state index in [9.17, 15) is 31.1 Å². The highest BCUT2D eigenvalue weighted by Gasteiger charge is 2.38. The van der Waals surface area contributed by atoms with Crippen molar-refractivity contribution >= 4 is 12.3 Å². The summed E-state index contributed by atoms with van der Waals surface area (Å²) < 4.78 is 91.6. The monoisotopic (exact) mass is 566 g/mol. The van der Waals surface area contributed by atoms with Crippen molar-refractivity contribution in [3.63, 3.8) is 0 Å². The predicted octanol–water partition coefficient (Wildman–Crippen LogP) is 7.71. The molecule has 1 amide bonds. The van der Waals surface area contributed by atoms with Crippen LogP contribution in [0.4, 0.5) is 31.1 Å². The first-order valence-corrected chi connectivity index (χ1v) is 12.2. The second-order valence-corrected chi connectivity index (χ2v) is 9.07. The molecule has 0 aromatic heterocycles. The summed E-state index contributed by atoms with van der Waals surface area (Å²) in [5.74, 6) is 0. The number of rotatable bonds is 10. The van der Waals surface area contributed by atoms with Crippen LogP contribution in [0.1, 0.15) is 47.3 Å². The number of amides is 1. The van der Waals surface area contributed by atoms with Crippen molar-refractivity contribution in [1.82, 2.24) is 5.32 Å². The van der Waals surface area contributed by atoms with E-state index in [1.165, 1.54) is 20.2 Å². The van der Waals surface area contributed by atoms with Crippen LogP contribution in [0.2, 0.25) is 0 Å². The molecule has 0 saturated heterocycles. The standard InChI is InChI=1S/C29H28F6N2O3/c1-20(22-15-24(28(30,31)32)17-25(16-22)29(33,34)35)40-19-27(13-14-36-2,23-11-7-4-8-12-23)37-26(38)39-18-21-9-5-3-6-10-21/h3-12,14-17,20H,13,18-19H2,1-2H3,(H,37,38)/t20-,27-/m1/s1. The largest absolute Gasteiger partial charge is 0.445 e. The van der Waals surface area contributed by atoms with E-state index in [1.807, 2.05) is 6.07 Å². The van der Waals surface area contributed by atoms with E-state index in [2.05, 4.69) is 10.3 Å². The number of alkyl halides is 6. The number of halogens is 6. The van der Waals surface area contributed by atoms with Crippen LogP contribution >= 0.6 is 0 Å². The Morgan fingerprint density at radius 2 is 1.43 bits per heavy atom.